The summed E-state index contributed by atoms with van der Waals surface area (Å²) in [4.78, 5) is 0. The summed E-state index contributed by atoms with van der Waals surface area (Å²) in [5.41, 5.74) is 0. The van der Waals surface area contributed by atoms with Crippen molar-refractivity contribution in [1.82, 2.24) is 0 Å². The quantitative estimate of drug-likeness (QED) is 0.619. The minimum absolute atomic E-state index is 0. The largest absolute Gasteiger partial charge is 0 e. The molecule has 4 heavy (non-hydrogen) atoms. The molecule has 0 fully saturated rings. The average Bonchev–Trinajstić information content (AvgIpc) is 0.918. The van der Waals surface area contributed by atoms with Crippen LogP contribution in [-0.4, -0.2) is 0 Å². The van der Waals surface area contributed by atoms with Gasteiger partial charge in [-0.05, 0) is 0 Å². The fraction of sp³-hybridized carbons (Fsp3) is 0. The van der Waals surface area contributed by atoms with Crippen LogP contribution in [0.5, 0.6) is 0 Å². The van der Waals surface area contributed by atoms with Gasteiger partial charge in [0.15, 0.2) is 0 Å². The fourth-order valence-corrected chi connectivity index (χ4v) is 0. The Morgan fingerprint density at radius 1 is 1.25 bits per heavy atom. The van der Waals surface area contributed by atoms with Gasteiger partial charge in [-0.25, -0.2) is 0 Å². The van der Waals surface area contributed by atoms with Crippen molar-refractivity contribution in [3.8, 4) is 0 Å². The zero-order valence-electron chi connectivity index (χ0n) is 1.72. The monoisotopic (exact) mass is 306 g/mol. The van der Waals surface area contributed by atoms with E-state index in [-0.39, 0.29) is 21.1 Å². The van der Waals surface area contributed by atoms with Gasteiger partial charge in [-0.3, -0.25) is 0 Å². The molecule has 0 saturated heterocycles. The van der Waals surface area contributed by atoms with E-state index in [1.807, 2.05) is 0 Å². The van der Waals surface area contributed by atoms with E-state index in [1.165, 1.54) is 0 Å². The van der Waals surface area contributed by atoms with Gasteiger partial charge in [-0.15, -0.1) is 0 Å². The second kappa shape index (κ2) is 8.90. The van der Waals surface area contributed by atoms with Crippen molar-refractivity contribution >= 4 is 0 Å². The van der Waals surface area contributed by atoms with Crippen LogP contribution in [0.3, 0.4) is 0 Å². The van der Waals surface area contributed by atoms with Crippen molar-refractivity contribution in [3.63, 3.8) is 0 Å². The van der Waals surface area contributed by atoms with Crippen LogP contribution in [0, 0.1) is 0 Å². The SMILES string of the molecule is [O]=[Zr]=[O].[W]. The van der Waals surface area contributed by atoms with Gasteiger partial charge < -0.3 is 0 Å². The molecule has 0 aromatic carbocycles. The first-order valence-corrected chi connectivity index (χ1v) is 2.42. The molecule has 0 aromatic rings. The summed E-state index contributed by atoms with van der Waals surface area (Å²) in [5, 5.41) is 0. The van der Waals surface area contributed by atoms with Crippen LogP contribution in [0.25, 0.3) is 0 Å². The summed E-state index contributed by atoms with van der Waals surface area (Å²) >= 11 is -2.27. The van der Waals surface area contributed by atoms with Crippen LogP contribution in [0.1, 0.15) is 0 Å². The summed E-state index contributed by atoms with van der Waals surface area (Å²) in [6, 6.07) is 0. The Morgan fingerprint density at radius 3 is 1.25 bits per heavy atom. The second-order valence-corrected chi connectivity index (χ2v) is 0.493. The van der Waals surface area contributed by atoms with Gasteiger partial charge in [0.05, 0.1) is 0 Å². The molecule has 0 aliphatic rings. The first-order chi connectivity index (χ1) is 1.41. The molecule has 0 heterocycles. The Bertz CT molecular complexity index is 27.0. The third-order valence-electron chi connectivity index (χ3n) is 0. The van der Waals surface area contributed by atoms with E-state index in [2.05, 4.69) is 0 Å². The van der Waals surface area contributed by atoms with E-state index in [0.29, 0.717) is 0 Å². The topological polar surface area (TPSA) is 34.1 Å². The van der Waals surface area contributed by atoms with Crippen molar-refractivity contribution < 1.29 is 49.9 Å². The molecule has 0 radical (unpaired) electrons. The molecule has 0 aliphatic carbocycles. The molecule has 2 nitrogen and oxygen atoms in total. The summed E-state index contributed by atoms with van der Waals surface area (Å²) in [7, 11) is 0. The van der Waals surface area contributed by atoms with Crippen LogP contribution >= 0.6 is 0 Å². The standard InChI is InChI=1S/2O.W.Zr. The number of hydrogen-bond acceptors (Lipinski definition) is 2. The van der Waals surface area contributed by atoms with Gasteiger partial charge >= 0.3 is 28.9 Å². The molecule has 4 heteroatoms. The molecule has 0 unspecified atom stereocenters. The summed E-state index contributed by atoms with van der Waals surface area (Å²) in [6.45, 7) is 0. The van der Waals surface area contributed by atoms with Crippen molar-refractivity contribution in [2.45, 2.75) is 0 Å². The molecule has 0 N–H and O–H groups in total. The molecule has 0 spiro atoms. The first-order valence-electron chi connectivity index (χ1n) is 0.408. The predicted molar refractivity (Wildman–Crippen MR) is 1.37 cm³/mol. The molecule has 0 rings (SSSR count). The van der Waals surface area contributed by atoms with E-state index >= 15 is 0 Å². The second-order valence-electron chi connectivity index (χ2n) is 0.0833. The third kappa shape index (κ3) is 10.9. The van der Waals surface area contributed by atoms with Crippen molar-refractivity contribution in [2.24, 2.45) is 0 Å². The molecule has 0 aliphatic heterocycles. The first kappa shape index (κ1) is 8.95. The molecule has 22 valence electrons. The van der Waals surface area contributed by atoms with Crippen molar-refractivity contribution in [1.29, 1.82) is 0 Å². The average molecular weight is 307 g/mol. The zero-order valence-corrected chi connectivity index (χ0v) is 7.12. The summed E-state index contributed by atoms with van der Waals surface area (Å²) < 4.78 is 17.1. The third-order valence-corrected chi connectivity index (χ3v) is 0. The van der Waals surface area contributed by atoms with Gasteiger partial charge in [0.25, 0.3) is 0 Å². The minimum Gasteiger partial charge on any atom is 0 e. The number of rotatable bonds is 0. The van der Waals surface area contributed by atoms with Crippen molar-refractivity contribution in [3.05, 3.63) is 0 Å². The van der Waals surface area contributed by atoms with Gasteiger partial charge in [-0.1, -0.05) is 0 Å². The van der Waals surface area contributed by atoms with E-state index in [1.54, 1.807) is 0 Å². The zero-order chi connectivity index (χ0) is 2.71. The Morgan fingerprint density at radius 2 is 1.25 bits per heavy atom. The van der Waals surface area contributed by atoms with Crippen LogP contribution in [0.2, 0.25) is 0 Å². The van der Waals surface area contributed by atoms with Crippen LogP contribution in [0.15, 0.2) is 0 Å². The molecule has 0 amide bonds. The molecule has 0 bridgehead atoms. The van der Waals surface area contributed by atoms with Crippen LogP contribution < -0.4 is 0 Å². The summed E-state index contributed by atoms with van der Waals surface area (Å²) in [6.07, 6.45) is 0. The van der Waals surface area contributed by atoms with Gasteiger partial charge in [0, 0.05) is 21.1 Å². The maximum Gasteiger partial charge on any atom is 0 e. The van der Waals surface area contributed by atoms with Crippen LogP contribution in [0.4, 0.5) is 0 Å². The summed E-state index contributed by atoms with van der Waals surface area (Å²) in [5.74, 6) is 0. The minimum atomic E-state index is -2.27. The maximum atomic E-state index is 8.54. The van der Waals surface area contributed by atoms with Crippen LogP contribution in [-0.2, 0) is 49.9 Å². The van der Waals surface area contributed by atoms with E-state index < -0.39 is 23.2 Å². The van der Waals surface area contributed by atoms with Gasteiger partial charge in [0.1, 0.15) is 0 Å². The predicted octanol–water partition coefficient (Wildman–Crippen LogP) is -0.243. The molecule has 0 saturated carbocycles. The Kier molecular flexibility index (Phi) is 19.9. The molecule has 0 aromatic heterocycles. The Balaban J connectivity index is 0. The van der Waals surface area contributed by atoms with E-state index in [0.717, 1.165) is 0 Å². The van der Waals surface area contributed by atoms with Gasteiger partial charge in [0.2, 0.25) is 0 Å². The van der Waals surface area contributed by atoms with Crippen molar-refractivity contribution in [2.75, 3.05) is 0 Å². The molecular formula is O2WZr. The van der Waals surface area contributed by atoms with E-state index in [4.69, 9.17) is 5.63 Å². The Hall–Kier alpha value is 1.17. The normalized spacial score (nSPS) is 2.00. The molecule has 0 atom stereocenters. The van der Waals surface area contributed by atoms with E-state index in [9.17, 15) is 0 Å². The smallest absolute Gasteiger partial charge is 0 e. The molecular weight excluding hydrogens is 307 g/mol. The Labute approximate surface area is 49.7 Å². The fourth-order valence-electron chi connectivity index (χ4n) is 0. The maximum absolute atomic E-state index is 8.54. The number of hydrogen-bond donors (Lipinski definition) is 0. The van der Waals surface area contributed by atoms with Gasteiger partial charge in [-0.2, -0.15) is 0 Å².